The molecule has 3 amide bonds. The number of rotatable bonds is 5. The van der Waals surface area contributed by atoms with Crippen LogP contribution in [0.3, 0.4) is 0 Å². The topological polar surface area (TPSA) is 101 Å². The van der Waals surface area contributed by atoms with Crippen molar-refractivity contribution in [3.8, 4) is 0 Å². The highest BCUT2D eigenvalue weighted by molar-refractivity contribution is 6.04. The maximum absolute atomic E-state index is 11.5. The number of imide groups is 1. The highest BCUT2D eigenvalue weighted by atomic mass is 16.3. The van der Waals surface area contributed by atoms with Crippen LogP contribution in [0.4, 0.5) is 10.5 Å². The number of nitrogens with zero attached hydrogens (tertiary/aromatic N) is 1. The molecular weight excluding hydrogens is 250 g/mol. The van der Waals surface area contributed by atoms with Gasteiger partial charge in [0.15, 0.2) is 6.04 Å². The van der Waals surface area contributed by atoms with E-state index < -0.39 is 18.0 Å². The monoisotopic (exact) mass is 263 g/mol. The lowest BCUT2D eigenvalue weighted by atomic mass is 10.2. The fraction of sp³-hybridized carbons (Fsp3) is 0.333. The lowest BCUT2D eigenvalue weighted by Gasteiger charge is -2.01. The second-order valence-electron chi connectivity index (χ2n) is 3.92. The Bertz CT molecular complexity index is 547. The third-order valence-corrected chi connectivity index (χ3v) is 2.62. The van der Waals surface area contributed by atoms with Crippen LogP contribution in [0.5, 0.6) is 0 Å². The second kappa shape index (κ2) is 5.47. The van der Waals surface area contributed by atoms with Crippen molar-refractivity contribution in [2.24, 2.45) is 4.99 Å². The first kappa shape index (κ1) is 13.0. The van der Waals surface area contributed by atoms with E-state index in [0.29, 0.717) is 23.6 Å². The summed E-state index contributed by atoms with van der Waals surface area (Å²) < 4.78 is 5.52. The van der Waals surface area contributed by atoms with Gasteiger partial charge >= 0.3 is 6.03 Å². The third-order valence-electron chi connectivity index (χ3n) is 2.62. The molecule has 2 N–H and O–H groups in total. The van der Waals surface area contributed by atoms with Gasteiger partial charge < -0.3 is 14.5 Å². The number of carbonyl (C=O) groups is 3. The summed E-state index contributed by atoms with van der Waals surface area (Å²) in [4.78, 5) is 36.9. The lowest BCUT2D eigenvalue weighted by Crippen LogP contribution is -2.22. The van der Waals surface area contributed by atoms with Crippen LogP contribution in [-0.4, -0.2) is 24.4 Å². The maximum atomic E-state index is 11.5. The van der Waals surface area contributed by atoms with Gasteiger partial charge in [0.05, 0.1) is 0 Å². The van der Waals surface area contributed by atoms with Gasteiger partial charge in [-0.15, -0.1) is 0 Å². The van der Waals surface area contributed by atoms with Crippen molar-refractivity contribution in [3.63, 3.8) is 0 Å². The lowest BCUT2D eigenvalue weighted by molar-refractivity contribution is -0.120. The van der Waals surface area contributed by atoms with Gasteiger partial charge in [0.1, 0.15) is 23.5 Å². The second-order valence-corrected chi connectivity index (χ2v) is 3.92. The summed E-state index contributed by atoms with van der Waals surface area (Å²) in [6.45, 7) is 1.88. The summed E-state index contributed by atoms with van der Waals surface area (Å²) in [6.07, 6.45) is 3.01. The first-order valence-electron chi connectivity index (χ1n) is 5.85. The molecule has 1 atom stereocenters. The van der Waals surface area contributed by atoms with Crippen molar-refractivity contribution in [2.75, 3.05) is 0 Å². The van der Waals surface area contributed by atoms with Crippen molar-refractivity contribution in [2.45, 2.75) is 25.8 Å². The molecule has 0 radical (unpaired) electrons. The number of hydrogen-bond donors (Lipinski definition) is 2. The van der Waals surface area contributed by atoms with Crippen LogP contribution in [0.25, 0.3) is 0 Å². The Morgan fingerprint density at radius 2 is 2.26 bits per heavy atom. The van der Waals surface area contributed by atoms with Gasteiger partial charge in [-0.25, -0.2) is 4.79 Å². The quantitative estimate of drug-likeness (QED) is 0.470. The van der Waals surface area contributed by atoms with Crippen LogP contribution in [-0.2, 0) is 16.0 Å². The molecule has 100 valence electrons. The molecular formula is C12H13N3O4. The molecule has 0 aliphatic carbocycles. The normalized spacial score (nSPS) is 18.7. The molecule has 0 saturated carbocycles. The van der Waals surface area contributed by atoms with Crippen LogP contribution in [0.2, 0.25) is 0 Å². The number of nitrogens with one attached hydrogen (secondary N) is 2. The molecule has 2 heterocycles. The zero-order chi connectivity index (χ0) is 13.8. The molecule has 2 rings (SSSR count). The Morgan fingerprint density at radius 1 is 1.47 bits per heavy atom. The number of urea groups is 1. The van der Waals surface area contributed by atoms with E-state index in [4.69, 9.17) is 4.42 Å². The van der Waals surface area contributed by atoms with Crippen molar-refractivity contribution >= 4 is 30.1 Å². The summed E-state index contributed by atoms with van der Waals surface area (Å²) in [7, 11) is 0. The SMILES string of the molecule is CCc1oc(C2NC(=O)NC2=O)cc1N=CCC=O. The van der Waals surface area contributed by atoms with Crippen LogP contribution in [0, 0.1) is 0 Å². The first-order chi connectivity index (χ1) is 9.15. The predicted octanol–water partition coefficient (Wildman–Crippen LogP) is 1.01. The molecule has 1 aliphatic heterocycles. The van der Waals surface area contributed by atoms with Crippen LogP contribution in [0.15, 0.2) is 15.5 Å². The molecule has 0 aromatic carbocycles. The number of carbonyl (C=O) groups excluding carboxylic acids is 3. The highest BCUT2D eigenvalue weighted by Gasteiger charge is 2.34. The molecule has 0 bridgehead atoms. The number of amides is 3. The highest BCUT2D eigenvalue weighted by Crippen LogP contribution is 2.29. The average molecular weight is 263 g/mol. The summed E-state index contributed by atoms with van der Waals surface area (Å²) in [6, 6.07) is 0.221. The van der Waals surface area contributed by atoms with Crippen LogP contribution < -0.4 is 10.6 Å². The number of aryl methyl sites for hydroxylation is 1. The standard InChI is InChI=1S/C12H13N3O4/c1-2-8-7(13-4-3-5-16)6-9(19-8)10-11(17)15-12(18)14-10/h4-6,10H,2-3H2,1H3,(H2,14,15,17,18). The smallest absolute Gasteiger partial charge is 0.322 e. The van der Waals surface area contributed by atoms with Gasteiger partial charge in [-0.05, 0) is 0 Å². The minimum atomic E-state index is -0.826. The summed E-state index contributed by atoms with van der Waals surface area (Å²) in [5.41, 5.74) is 0.563. The fourth-order valence-electron chi connectivity index (χ4n) is 1.76. The maximum Gasteiger partial charge on any atom is 0.322 e. The van der Waals surface area contributed by atoms with Gasteiger partial charge in [-0.3, -0.25) is 15.1 Å². The van der Waals surface area contributed by atoms with E-state index in [-0.39, 0.29) is 6.42 Å². The molecule has 1 aromatic heterocycles. The molecule has 7 heteroatoms. The third kappa shape index (κ3) is 2.70. The molecule has 1 unspecified atom stereocenters. The average Bonchev–Trinajstić information content (AvgIpc) is 2.93. The molecule has 1 saturated heterocycles. The van der Waals surface area contributed by atoms with Gasteiger partial charge in [0.25, 0.3) is 5.91 Å². The Kier molecular flexibility index (Phi) is 3.74. The summed E-state index contributed by atoms with van der Waals surface area (Å²) in [5, 5.41) is 4.58. The summed E-state index contributed by atoms with van der Waals surface area (Å²) >= 11 is 0. The van der Waals surface area contributed by atoms with E-state index in [1.807, 2.05) is 6.92 Å². The van der Waals surface area contributed by atoms with Gasteiger partial charge in [-0.2, -0.15) is 0 Å². The van der Waals surface area contributed by atoms with Crippen LogP contribution >= 0.6 is 0 Å². The summed E-state index contributed by atoms with van der Waals surface area (Å²) in [5.74, 6) is 0.481. The fourth-order valence-corrected chi connectivity index (χ4v) is 1.76. The minimum Gasteiger partial charge on any atom is -0.461 e. The molecule has 0 spiro atoms. The molecule has 1 aromatic rings. The van der Waals surface area contributed by atoms with Gasteiger partial charge in [0, 0.05) is 25.1 Å². The van der Waals surface area contributed by atoms with Crippen molar-refractivity contribution in [3.05, 3.63) is 17.6 Å². The van der Waals surface area contributed by atoms with E-state index in [0.717, 1.165) is 6.29 Å². The molecule has 1 fully saturated rings. The number of aldehydes is 1. The van der Waals surface area contributed by atoms with Crippen molar-refractivity contribution in [1.82, 2.24) is 10.6 Å². The molecule has 7 nitrogen and oxygen atoms in total. The Morgan fingerprint density at radius 3 is 2.84 bits per heavy atom. The number of hydrogen-bond acceptors (Lipinski definition) is 5. The zero-order valence-corrected chi connectivity index (χ0v) is 10.3. The Labute approximate surface area is 109 Å². The van der Waals surface area contributed by atoms with E-state index >= 15 is 0 Å². The van der Waals surface area contributed by atoms with E-state index in [2.05, 4.69) is 15.6 Å². The van der Waals surface area contributed by atoms with E-state index in [1.165, 1.54) is 6.21 Å². The first-order valence-corrected chi connectivity index (χ1v) is 5.85. The number of furan rings is 1. The van der Waals surface area contributed by atoms with Crippen LogP contribution in [0.1, 0.15) is 30.9 Å². The molecule has 19 heavy (non-hydrogen) atoms. The Hall–Kier alpha value is -2.44. The van der Waals surface area contributed by atoms with Crippen molar-refractivity contribution < 1.29 is 18.8 Å². The van der Waals surface area contributed by atoms with E-state index in [9.17, 15) is 14.4 Å². The zero-order valence-electron chi connectivity index (χ0n) is 10.3. The Balaban J connectivity index is 2.25. The van der Waals surface area contributed by atoms with Gasteiger partial charge in [0.2, 0.25) is 0 Å². The van der Waals surface area contributed by atoms with E-state index in [1.54, 1.807) is 6.07 Å². The minimum absolute atomic E-state index is 0.213. The van der Waals surface area contributed by atoms with Gasteiger partial charge in [-0.1, -0.05) is 6.92 Å². The number of aliphatic imine (C=N–C) groups is 1. The van der Waals surface area contributed by atoms with Crippen molar-refractivity contribution in [1.29, 1.82) is 0 Å². The largest absolute Gasteiger partial charge is 0.461 e. The predicted molar refractivity (Wildman–Crippen MR) is 66.3 cm³/mol. The molecule has 1 aliphatic rings.